The van der Waals surface area contributed by atoms with Crippen LogP contribution in [0.4, 0.5) is 4.79 Å². The number of nitrogens with zero attached hydrogens (tertiary/aromatic N) is 1. The van der Waals surface area contributed by atoms with Gasteiger partial charge in [0.15, 0.2) is 0 Å². The molecule has 2 rings (SSSR count). The molecule has 1 aromatic heterocycles. The van der Waals surface area contributed by atoms with Gasteiger partial charge in [-0.1, -0.05) is 51.1 Å². The van der Waals surface area contributed by atoms with Gasteiger partial charge in [0.25, 0.3) is 5.91 Å². The Morgan fingerprint density at radius 3 is 2.21 bits per heavy atom. The lowest BCUT2D eigenvalue weighted by molar-refractivity contribution is -0.140. The average molecular weight is 469 g/mol. The number of aromatic nitrogens is 1. The van der Waals surface area contributed by atoms with Crippen molar-refractivity contribution < 1.29 is 23.9 Å². The molecule has 2 atom stereocenters. The minimum absolute atomic E-state index is 0.0659. The number of rotatable bonds is 12. The van der Waals surface area contributed by atoms with Crippen molar-refractivity contribution in [3.63, 3.8) is 0 Å². The zero-order valence-electron chi connectivity index (χ0n) is 19.7. The number of ketones is 1. The highest BCUT2D eigenvalue weighted by atomic mass is 16.5. The molecule has 2 aromatic rings. The molecule has 3 N–H and O–H groups in total. The fraction of sp³-hybridized carbons (Fsp3) is 0.400. The van der Waals surface area contributed by atoms with Crippen LogP contribution in [0, 0.1) is 5.92 Å². The molecule has 0 radical (unpaired) electrons. The summed E-state index contributed by atoms with van der Waals surface area (Å²) < 4.78 is 5.22. The number of carbonyl (C=O) groups excluding carboxylic acids is 4. The standard InChI is InChI=1S/C25H32N4O5/c1-4-20(22(30)24(32)27-15-18-10-12-26-13-11-18)28-23(31)21(14-17(2)3)29-25(33)34-16-19-8-6-5-7-9-19/h5-13,17,20-21H,4,14-16H2,1-3H3,(H,27,32)(H,28,31)(H,29,33)/t20-,21-/m0/s1. The molecule has 0 aliphatic heterocycles. The van der Waals surface area contributed by atoms with E-state index in [1.54, 1.807) is 31.5 Å². The lowest BCUT2D eigenvalue weighted by atomic mass is 10.0. The van der Waals surface area contributed by atoms with E-state index in [0.29, 0.717) is 6.42 Å². The van der Waals surface area contributed by atoms with Gasteiger partial charge in [-0.2, -0.15) is 0 Å². The Morgan fingerprint density at radius 2 is 1.59 bits per heavy atom. The minimum atomic E-state index is -1.01. The van der Waals surface area contributed by atoms with Gasteiger partial charge in [0.2, 0.25) is 11.7 Å². The van der Waals surface area contributed by atoms with E-state index in [0.717, 1.165) is 11.1 Å². The third-order valence-corrected chi connectivity index (χ3v) is 5.00. The maximum Gasteiger partial charge on any atom is 0.408 e. The second-order valence-corrected chi connectivity index (χ2v) is 8.26. The average Bonchev–Trinajstić information content (AvgIpc) is 2.84. The molecule has 1 aromatic carbocycles. The van der Waals surface area contributed by atoms with Crippen LogP contribution >= 0.6 is 0 Å². The van der Waals surface area contributed by atoms with E-state index in [4.69, 9.17) is 4.74 Å². The fourth-order valence-corrected chi connectivity index (χ4v) is 3.16. The summed E-state index contributed by atoms with van der Waals surface area (Å²) >= 11 is 0. The number of nitrogens with one attached hydrogen (secondary N) is 3. The maximum atomic E-state index is 12.9. The summed E-state index contributed by atoms with van der Waals surface area (Å²) in [6.07, 6.45) is 3.00. The normalized spacial score (nSPS) is 12.4. The van der Waals surface area contributed by atoms with Gasteiger partial charge in [-0.3, -0.25) is 19.4 Å². The van der Waals surface area contributed by atoms with Crippen molar-refractivity contribution >= 4 is 23.7 Å². The first-order valence-corrected chi connectivity index (χ1v) is 11.3. The highest BCUT2D eigenvalue weighted by molar-refractivity contribution is 6.38. The molecule has 0 saturated heterocycles. The second kappa shape index (κ2) is 13.7. The van der Waals surface area contributed by atoms with Crippen molar-refractivity contribution in [2.75, 3.05) is 0 Å². The van der Waals surface area contributed by atoms with E-state index in [1.165, 1.54) is 0 Å². The first-order chi connectivity index (χ1) is 16.3. The van der Waals surface area contributed by atoms with Crippen LogP contribution in [-0.4, -0.2) is 40.8 Å². The zero-order valence-corrected chi connectivity index (χ0v) is 19.7. The molecule has 9 heteroatoms. The van der Waals surface area contributed by atoms with Gasteiger partial charge in [-0.15, -0.1) is 0 Å². The van der Waals surface area contributed by atoms with Gasteiger partial charge in [0.1, 0.15) is 12.6 Å². The summed E-state index contributed by atoms with van der Waals surface area (Å²) in [7, 11) is 0. The van der Waals surface area contributed by atoms with Crippen LogP contribution in [-0.2, 0) is 32.3 Å². The molecule has 1 heterocycles. The summed E-state index contributed by atoms with van der Waals surface area (Å²) in [4.78, 5) is 54.0. The van der Waals surface area contributed by atoms with Crippen molar-refractivity contribution in [2.45, 2.75) is 58.8 Å². The summed E-state index contributed by atoms with van der Waals surface area (Å²) in [5, 5.41) is 7.73. The Kier molecular flexibility index (Phi) is 10.7. The molecule has 34 heavy (non-hydrogen) atoms. The van der Waals surface area contributed by atoms with E-state index < -0.39 is 35.8 Å². The van der Waals surface area contributed by atoms with Gasteiger partial charge in [-0.25, -0.2) is 4.79 Å². The Hall–Kier alpha value is -3.75. The van der Waals surface area contributed by atoms with E-state index >= 15 is 0 Å². The molecular formula is C25H32N4O5. The minimum Gasteiger partial charge on any atom is -0.445 e. The molecule has 0 bridgehead atoms. The number of ether oxygens (including phenoxy) is 1. The number of Topliss-reactive ketones (excluding diaryl/α,β-unsaturated/α-hetero) is 1. The van der Waals surface area contributed by atoms with Crippen molar-refractivity contribution in [1.29, 1.82) is 0 Å². The molecular weight excluding hydrogens is 436 g/mol. The van der Waals surface area contributed by atoms with Crippen LogP contribution in [0.25, 0.3) is 0 Å². The predicted molar refractivity (Wildman–Crippen MR) is 126 cm³/mol. The smallest absolute Gasteiger partial charge is 0.408 e. The Balaban J connectivity index is 1.93. The predicted octanol–water partition coefficient (Wildman–Crippen LogP) is 2.50. The first-order valence-electron chi connectivity index (χ1n) is 11.3. The number of hydrogen-bond donors (Lipinski definition) is 3. The van der Waals surface area contributed by atoms with Gasteiger partial charge in [0.05, 0.1) is 6.04 Å². The number of benzene rings is 1. The van der Waals surface area contributed by atoms with E-state index in [-0.39, 0.29) is 25.5 Å². The third kappa shape index (κ3) is 9.01. The van der Waals surface area contributed by atoms with Crippen LogP contribution in [0.2, 0.25) is 0 Å². The number of hydrogen-bond acceptors (Lipinski definition) is 6. The number of amides is 3. The lowest BCUT2D eigenvalue weighted by Gasteiger charge is -2.23. The topological polar surface area (TPSA) is 126 Å². The summed E-state index contributed by atoms with van der Waals surface area (Å²) in [5.41, 5.74) is 1.61. The molecule has 9 nitrogen and oxygen atoms in total. The monoisotopic (exact) mass is 468 g/mol. The highest BCUT2D eigenvalue weighted by Crippen LogP contribution is 2.08. The van der Waals surface area contributed by atoms with Gasteiger partial charge in [-0.05, 0) is 42.0 Å². The molecule has 3 amide bonds. The third-order valence-electron chi connectivity index (χ3n) is 5.00. The van der Waals surface area contributed by atoms with E-state index in [9.17, 15) is 19.2 Å². The van der Waals surface area contributed by atoms with E-state index in [1.807, 2.05) is 44.2 Å². The Labute approximate surface area is 199 Å². The van der Waals surface area contributed by atoms with Crippen LogP contribution in [0.15, 0.2) is 54.9 Å². The molecule has 0 aliphatic rings. The van der Waals surface area contributed by atoms with Crippen LogP contribution in [0.1, 0.15) is 44.7 Å². The van der Waals surface area contributed by atoms with Crippen molar-refractivity contribution in [1.82, 2.24) is 20.9 Å². The zero-order chi connectivity index (χ0) is 24.9. The first kappa shape index (κ1) is 26.5. The summed E-state index contributed by atoms with van der Waals surface area (Å²) in [5.74, 6) is -2.00. The molecule has 0 unspecified atom stereocenters. The summed E-state index contributed by atoms with van der Waals surface area (Å²) in [6, 6.07) is 10.7. The fourth-order valence-electron chi connectivity index (χ4n) is 3.16. The lowest BCUT2D eigenvalue weighted by Crippen LogP contribution is -2.54. The molecule has 182 valence electrons. The van der Waals surface area contributed by atoms with Crippen molar-refractivity contribution in [3.8, 4) is 0 Å². The number of pyridine rings is 1. The summed E-state index contributed by atoms with van der Waals surface area (Å²) in [6.45, 7) is 5.75. The number of carbonyl (C=O) groups is 4. The molecule has 0 spiro atoms. The van der Waals surface area contributed by atoms with Crippen LogP contribution < -0.4 is 16.0 Å². The van der Waals surface area contributed by atoms with Gasteiger partial charge >= 0.3 is 6.09 Å². The quantitative estimate of drug-likeness (QED) is 0.411. The number of alkyl carbamates (subject to hydrolysis) is 1. The molecule has 0 fully saturated rings. The van der Waals surface area contributed by atoms with Crippen molar-refractivity contribution in [2.24, 2.45) is 5.92 Å². The van der Waals surface area contributed by atoms with Crippen molar-refractivity contribution in [3.05, 3.63) is 66.0 Å². The van der Waals surface area contributed by atoms with E-state index in [2.05, 4.69) is 20.9 Å². The largest absolute Gasteiger partial charge is 0.445 e. The second-order valence-electron chi connectivity index (χ2n) is 8.26. The van der Waals surface area contributed by atoms with Crippen LogP contribution in [0.3, 0.4) is 0 Å². The maximum absolute atomic E-state index is 12.9. The SMILES string of the molecule is CC[C@H](NC(=O)[C@H](CC(C)C)NC(=O)OCc1ccccc1)C(=O)C(=O)NCc1ccncc1. The molecule has 0 aliphatic carbocycles. The van der Waals surface area contributed by atoms with Gasteiger partial charge in [0, 0.05) is 18.9 Å². The Morgan fingerprint density at radius 1 is 0.912 bits per heavy atom. The molecule has 0 saturated carbocycles. The van der Waals surface area contributed by atoms with Gasteiger partial charge < -0.3 is 20.7 Å². The Bertz CT molecular complexity index is 950. The van der Waals surface area contributed by atoms with Crippen LogP contribution in [0.5, 0.6) is 0 Å². The highest BCUT2D eigenvalue weighted by Gasteiger charge is 2.29.